The van der Waals surface area contributed by atoms with Crippen LogP contribution < -0.4 is 10.2 Å². The molecule has 0 spiro atoms. The van der Waals surface area contributed by atoms with Gasteiger partial charge in [0.05, 0.1) is 0 Å². The second-order valence-electron chi connectivity index (χ2n) is 12.3. The van der Waals surface area contributed by atoms with Gasteiger partial charge in [-0.25, -0.2) is 0 Å². The summed E-state index contributed by atoms with van der Waals surface area (Å²) in [6.07, 6.45) is 10.5. The maximum Gasteiger partial charge on any atom is 0.249 e. The van der Waals surface area contributed by atoms with Crippen LogP contribution in [-0.2, 0) is 14.4 Å². The fourth-order valence-corrected chi connectivity index (χ4v) is 6.42. The van der Waals surface area contributed by atoms with Crippen molar-refractivity contribution in [2.75, 3.05) is 24.5 Å². The minimum absolute atomic E-state index is 0.162. The summed E-state index contributed by atoms with van der Waals surface area (Å²) >= 11 is 0. The molecule has 6 heteroatoms. The van der Waals surface area contributed by atoms with Crippen molar-refractivity contribution in [2.24, 2.45) is 11.8 Å². The van der Waals surface area contributed by atoms with Crippen molar-refractivity contribution in [1.29, 1.82) is 0 Å². The van der Waals surface area contributed by atoms with Crippen LogP contribution in [0.2, 0.25) is 0 Å². The first kappa shape index (κ1) is 31.3. The minimum atomic E-state index is -0.645. The number of benzene rings is 1. The molecule has 2 heterocycles. The van der Waals surface area contributed by atoms with Crippen LogP contribution in [-0.4, -0.2) is 48.3 Å². The Labute approximate surface area is 237 Å². The maximum absolute atomic E-state index is 12.8. The SMILES string of the molecule is CCCC(CCC(C)CC)CN1CCC(c2ccc(N(C(C)=O)C3CCC(=O)NC3=O)c(C(C)CC)c2)CC1. The first-order valence-electron chi connectivity index (χ1n) is 15.7. The van der Waals surface area contributed by atoms with Crippen molar-refractivity contribution in [1.82, 2.24) is 10.2 Å². The van der Waals surface area contributed by atoms with Gasteiger partial charge >= 0.3 is 0 Å². The lowest BCUT2D eigenvalue weighted by atomic mass is 9.84. The van der Waals surface area contributed by atoms with E-state index in [1.807, 2.05) is 0 Å². The summed E-state index contributed by atoms with van der Waals surface area (Å²) in [6, 6.07) is 5.89. The molecule has 2 aliphatic rings. The van der Waals surface area contributed by atoms with Gasteiger partial charge in [0, 0.05) is 25.6 Å². The van der Waals surface area contributed by atoms with Gasteiger partial charge in [0.25, 0.3) is 0 Å². The molecule has 1 N–H and O–H groups in total. The molecule has 0 saturated carbocycles. The van der Waals surface area contributed by atoms with Crippen molar-refractivity contribution >= 4 is 23.4 Å². The number of nitrogens with zero attached hydrogens (tertiary/aromatic N) is 2. The minimum Gasteiger partial charge on any atom is -0.303 e. The van der Waals surface area contributed by atoms with Crippen LogP contribution >= 0.6 is 0 Å². The highest BCUT2D eigenvalue weighted by Crippen LogP contribution is 2.37. The number of carbonyl (C=O) groups excluding carboxylic acids is 3. The summed E-state index contributed by atoms with van der Waals surface area (Å²) in [6.45, 7) is 16.4. The van der Waals surface area contributed by atoms with Crippen LogP contribution in [0.3, 0.4) is 0 Å². The Hall–Kier alpha value is -2.21. The van der Waals surface area contributed by atoms with Crippen LogP contribution in [0.25, 0.3) is 0 Å². The third-order valence-corrected chi connectivity index (χ3v) is 9.35. The second kappa shape index (κ2) is 15.0. The average molecular weight is 540 g/mol. The van der Waals surface area contributed by atoms with Gasteiger partial charge in [-0.2, -0.15) is 0 Å². The lowest BCUT2D eigenvalue weighted by Crippen LogP contribution is -2.54. The molecule has 1 aromatic carbocycles. The van der Waals surface area contributed by atoms with Crippen LogP contribution in [0.1, 0.15) is 129 Å². The zero-order valence-electron chi connectivity index (χ0n) is 25.4. The molecule has 0 radical (unpaired) electrons. The highest BCUT2D eigenvalue weighted by molar-refractivity contribution is 6.06. The van der Waals surface area contributed by atoms with E-state index >= 15 is 0 Å². The number of anilines is 1. The number of hydrogen-bond donors (Lipinski definition) is 1. The topological polar surface area (TPSA) is 69.7 Å². The fourth-order valence-electron chi connectivity index (χ4n) is 6.42. The quantitative estimate of drug-likeness (QED) is 0.281. The Kier molecular flexibility index (Phi) is 12.0. The van der Waals surface area contributed by atoms with Gasteiger partial charge in [0.15, 0.2) is 0 Å². The molecule has 4 atom stereocenters. The van der Waals surface area contributed by atoms with Crippen molar-refractivity contribution in [2.45, 2.75) is 124 Å². The molecule has 4 unspecified atom stereocenters. The number of imide groups is 1. The van der Waals surface area contributed by atoms with E-state index < -0.39 is 6.04 Å². The molecule has 6 nitrogen and oxygen atoms in total. The summed E-state index contributed by atoms with van der Waals surface area (Å²) < 4.78 is 0. The lowest BCUT2D eigenvalue weighted by molar-refractivity contribution is -0.135. The lowest BCUT2D eigenvalue weighted by Gasteiger charge is -2.36. The predicted octanol–water partition coefficient (Wildman–Crippen LogP) is 6.78. The molecule has 2 fully saturated rings. The van der Waals surface area contributed by atoms with Crippen molar-refractivity contribution in [3.8, 4) is 0 Å². The smallest absolute Gasteiger partial charge is 0.249 e. The van der Waals surface area contributed by atoms with Gasteiger partial charge in [0.2, 0.25) is 17.7 Å². The molecular formula is C33H53N3O3. The summed E-state index contributed by atoms with van der Waals surface area (Å²) in [5, 5.41) is 2.43. The van der Waals surface area contributed by atoms with Crippen molar-refractivity contribution in [3.63, 3.8) is 0 Å². The second-order valence-corrected chi connectivity index (χ2v) is 12.3. The summed E-state index contributed by atoms with van der Waals surface area (Å²) in [5.74, 6) is 1.61. The third-order valence-electron chi connectivity index (χ3n) is 9.35. The highest BCUT2D eigenvalue weighted by Gasteiger charge is 2.35. The zero-order valence-corrected chi connectivity index (χ0v) is 25.4. The van der Waals surface area contributed by atoms with Gasteiger partial charge < -0.3 is 4.90 Å². The van der Waals surface area contributed by atoms with Gasteiger partial charge in [-0.15, -0.1) is 0 Å². The van der Waals surface area contributed by atoms with E-state index in [4.69, 9.17) is 0 Å². The number of piperidine rings is 2. The monoisotopic (exact) mass is 539 g/mol. The Morgan fingerprint density at radius 3 is 2.33 bits per heavy atom. The fraction of sp³-hybridized carbons (Fsp3) is 0.727. The Morgan fingerprint density at radius 1 is 1.03 bits per heavy atom. The van der Waals surface area contributed by atoms with Gasteiger partial charge in [-0.3, -0.25) is 24.6 Å². The number of hydrogen-bond acceptors (Lipinski definition) is 4. The molecular weight excluding hydrogens is 486 g/mol. The first-order valence-corrected chi connectivity index (χ1v) is 15.7. The molecule has 1 aromatic rings. The average Bonchev–Trinajstić information content (AvgIpc) is 2.93. The molecule has 2 aliphatic heterocycles. The Balaban J connectivity index is 1.73. The molecule has 39 heavy (non-hydrogen) atoms. The van der Waals surface area contributed by atoms with Crippen LogP contribution in [0, 0.1) is 11.8 Å². The summed E-state index contributed by atoms with van der Waals surface area (Å²) in [5.41, 5.74) is 3.30. The first-order chi connectivity index (χ1) is 18.7. The number of nitrogens with one attached hydrogen (secondary N) is 1. The van der Waals surface area contributed by atoms with Crippen molar-refractivity contribution in [3.05, 3.63) is 29.3 Å². The number of carbonyl (C=O) groups is 3. The Bertz CT molecular complexity index is 969. The van der Waals surface area contributed by atoms with E-state index in [0.717, 1.165) is 55.4 Å². The van der Waals surface area contributed by atoms with Crippen LogP contribution in [0.5, 0.6) is 0 Å². The standard InChI is InChI=1S/C33H53N3O3/c1-7-10-26(12-11-23(4)8-2)22-35-19-17-27(18-20-35)28-13-14-30(29(21-28)24(5)9-3)36(25(6)37)31-15-16-32(38)34-33(31)39/h13-14,21,23-24,26-27,31H,7-12,15-20,22H2,1-6H3,(H,34,38,39). The van der Waals surface area contributed by atoms with Crippen LogP contribution in [0.15, 0.2) is 18.2 Å². The van der Waals surface area contributed by atoms with Gasteiger partial charge in [-0.1, -0.05) is 66.0 Å². The number of rotatable bonds is 13. The third kappa shape index (κ3) is 8.39. The molecule has 0 aromatic heterocycles. The summed E-state index contributed by atoms with van der Waals surface area (Å²) in [7, 11) is 0. The van der Waals surface area contributed by atoms with E-state index in [1.54, 1.807) is 4.90 Å². The number of amides is 3. The molecule has 2 saturated heterocycles. The largest absolute Gasteiger partial charge is 0.303 e. The van der Waals surface area contributed by atoms with Crippen LogP contribution in [0.4, 0.5) is 5.69 Å². The zero-order chi connectivity index (χ0) is 28.5. The van der Waals surface area contributed by atoms with E-state index in [0.29, 0.717) is 12.3 Å². The molecule has 218 valence electrons. The molecule has 0 aliphatic carbocycles. The maximum atomic E-state index is 12.8. The van der Waals surface area contributed by atoms with E-state index in [2.05, 4.69) is 63.0 Å². The molecule has 3 amide bonds. The molecule has 0 bridgehead atoms. The van der Waals surface area contributed by atoms with Gasteiger partial charge in [0.1, 0.15) is 6.04 Å². The summed E-state index contributed by atoms with van der Waals surface area (Å²) in [4.78, 5) is 41.6. The normalized spacial score (nSPS) is 21.3. The Morgan fingerprint density at radius 2 is 1.74 bits per heavy atom. The van der Waals surface area contributed by atoms with E-state index in [9.17, 15) is 14.4 Å². The molecule has 3 rings (SSSR count). The van der Waals surface area contributed by atoms with Gasteiger partial charge in [-0.05, 0) is 92.5 Å². The number of likely N-dealkylation sites (tertiary alicyclic amines) is 1. The predicted molar refractivity (Wildman–Crippen MR) is 160 cm³/mol. The van der Waals surface area contributed by atoms with E-state index in [1.165, 1.54) is 51.1 Å². The van der Waals surface area contributed by atoms with Crippen molar-refractivity contribution < 1.29 is 14.4 Å². The van der Waals surface area contributed by atoms with E-state index in [-0.39, 0.29) is 30.1 Å². The highest BCUT2D eigenvalue weighted by atomic mass is 16.2.